The molecule has 2 nitrogen and oxygen atoms in total. The van der Waals surface area contributed by atoms with Crippen LogP contribution in [0.5, 0.6) is 0 Å². The fourth-order valence-corrected chi connectivity index (χ4v) is 8.84. The predicted molar refractivity (Wildman–Crippen MR) is 198 cm³/mol. The zero-order valence-corrected chi connectivity index (χ0v) is 26.1. The molecule has 3 heterocycles. The number of aromatic nitrogens is 2. The van der Waals surface area contributed by atoms with Gasteiger partial charge >= 0.3 is 0 Å². The standard InChI is InChI=1S/C46H28N2/c1-2-12-33-28-47-42(26-30(33)11-1)32-14-9-13-29(25-32)31-23-24-40-44(27-31)48-43-22-8-5-17-36(43)37-18-10-21-41(45(37)48)46(40)38-19-6-3-15-34(38)35-16-4-7-20-39(35)46/h1-28H. The molecule has 2 aromatic heterocycles. The van der Waals surface area contributed by atoms with E-state index in [0.717, 1.165) is 16.6 Å². The van der Waals surface area contributed by atoms with E-state index >= 15 is 0 Å². The fraction of sp³-hybridized carbons (Fsp3) is 0.0217. The summed E-state index contributed by atoms with van der Waals surface area (Å²) in [4.78, 5) is 4.85. The quantitative estimate of drug-likeness (QED) is 0.191. The van der Waals surface area contributed by atoms with Crippen LogP contribution < -0.4 is 0 Å². The Hall–Kier alpha value is -6.25. The molecule has 7 aromatic carbocycles. The number of para-hydroxylation sites is 2. The molecule has 0 bridgehead atoms. The second-order valence-corrected chi connectivity index (χ2v) is 13.1. The Balaban J connectivity index is 1.21. The minimum Gasteiger partial charge on any atom is -0.309 e. The molecular formula is C46H28N2. The molecule has 0 amide bonds. The third-order valence-electron chi connectivity index (χ3n) is 10.8. The number of hydrogen-bond donors (Lipinski definition) is 0. The van der Waals surface area contributed by atoms with Gasteiger partial charge in [-0.2, -0.15) is 0 Å². The van der Waals surface area contributed by atoms with Crippen LogP contribution in [0.15, 0.2) is 170 Å². The highest BCUT2D eigenvalue weighted by molar-refractivity contribution is 6.13. The SMILES string of the molecule is c1cc(-c2ccc3c(c2)-n2c4ccccc4c4cccc(c42)C32c3ccccc3-c3ccccc32)cc(-c2cc3ccccc3cn2)c1. The van der Waals surface area contributed by atoms with E-state index in [1.165, 1.54) is 77.4 Å². The molecule has 1 aliphatic carbocycles. The number of fused-ring (bicyclic) bond motifs is 13. The molecule has 48 heavy (non-hydrogen) atoms. The first-order valence-electron chi connectivity index (χ1n) is 16.6. The van der Waals surface area contributed by atoms with Gasteiger partial charge in [0.15, 0.2) is 0 Å². The molecule has 0 fully saturated rings. The predicted octanol–water partition coefficient (Wildman–Crippen LogP) is 11.3. The minimum atomic E-state index is -0.429. The number of benzene rings is 7. The number of hydrogen-bond acceptors (Lipinski definition) is 1. The molecule has 1 aliphatic heterocycles. The molecule has 0 atom stereocenters. The maximum atomic E-state index is 4.85. The van der Waals surface area contributed by atoms with Gasteiger partial charge in [0.1, 0.15) is 0 Å². The van der Waals surface area contributed by atoms with Crippen molar-refractivity contribution in [2.24, 2.45) is 0 Å². The van der Waals surface area contributed by atoms with Crippen LogP contribution in [0.3, 0.4) is 0 Å². The summed E-state index contributed by atoms with van der Waals surface area (Å²) >= 11 is 0. The molecule has 11 rings (SSSR count). The van der Waals surface area contributed by atoms with Crippen LogP contribution >= 0.6 is 0 Å². The highest BCUT2D eigenvalue weighted by Gasteiger charge is 2.50. The van der Waals surface area contributed by atoms with Crippen LogP contribution in [0, 0.1) is 0 Å². The Morgan fingerprint density at radius 1 is 0.438 bits per heavy atom. The van der Waals surface area contributed by atoms with Gasteiger partial charge in [-0.3, -0.25) is 4.98 Å². The van der Waals surface area contributed by atoms with E-state index in [1.54, 1.807) is 0 Å². The number of nitrogens with zero attached hydrogens (tertiary/aromatic N) is 2. The summed E-state index contributed by atoms with van der Waals surface area (Å²) < 4.78 is 2.53. The molecular weight excluding hydrogens is 581 g/mol. The van der Waals surface area contributed by atoms with Crippen molar-refractivity contribution in [3.8, 4) is 39.2 Å². The van der Waals surface area contributed by atoms with Crippen molar-refractivity contribution in [2.45, 2.75) is 5.41 Å². The zero-order chi connectivity index (χ0) is 31.4. The summed E-state index contributed by atoms with van der Waals surface area (Å²) in [5, 5.41) is 4.93. The minimum absolute atomic E-state index is 0.429. The molecule has 0 saturated heterocycles. The van der Waals surface area contributed by atoms with Gasteiger partial charge in [0, 0.05) is 27.9 Å². The molecule has 0 radical (unpaired) electrons. The average Bonchev–Trinajstić information content (AvgIpc) is 3.65. The van der Waals surface area contributed by atoms with Crippen LogP contribution in [-0.2, 0) is 5.41 Å². The van der Waals surface area contributed by atoms with Gasteiger partial charge in [-0.1, -0.05) is 140 Å². The van der Waals surface area contributed by atoms with Crippen molar-refractivity contribution in [1.82, 2.24) is 9.55 Å². The lowest BCUT2D eigenvalue weighted by atomic mass is 9.65. The van der Waals surface area contributed by atoms with Gasteiger partial charge in [0.05, 0.1) is 27.8 Å². The Bertz CT molecular complexity index is 2750. The van der Waals surface area contributed by atoms with Crippen LogP contribution in [0.1, 0.15) is 22.3 Å². The highest BCUT2D eigenvalue weighted by Crippen LogP contribution is 2.61. The van der Waals surface area contributed by atoms with Crippen molar-refractivity contribution in [1.29, 1.82) is 0 Å². The van der Waals surface area contributed by atoms with E-state index in [4.69, 9.17) is 4.98 Å². The Labute approximate surface area is 278 Å². The van der Waals surface area contributed by atoms with Crippen LogP contribution in [0.4, 0.5) is 0 Å². The van der Waals surface area contributed by atoms with Crippen molar-refractivity contribution in [3.05, 3.63) is 192 Å². The first-order chi connectivity index (χ1) is 23.8. The summed E-state index contributed by atoms with van der Waals surface area (Å²) in [7, 11) is 0. The van der Waals surface area contributed by atoms with Crippen LogP contribution in [0.2, 0.25) is 0 Å². The van der Waals surface area contributed by atoms with Gasteiger partial charge in [-0.15, -0.1) is 0 Å². The highest BCUT2D eigenvalue weighted by atomic mass is 15.0. The molecule has 0 unspecified atom stereocenters. The van der Waals surface area contributed by atoms with Crippen molar-refractivity contribution in [2.75, 3.05) is 0 Å². The van der Waals surface area contributed by atoms with Gasteiger partial charge in [-0.25, -0.2) is 0 Å². The first kappa shape index (κ1) is 25.9. The Kier molecular flexibility index (Phi) is 5.07. The largest absolute Gasteiger partial charge is 0.309 e. The van der Waals surface area contributed by atoms with Crippen molar-refractivity contribution >= 4 is 32.6 Å². The van der Waals surface area contributed by atoms with Crippen molar-refractivity contribution < 1.29 is 0 Å². The summed E-state index contributed by atoms with van der Waals surface area (Å²) in [5.41, 5.74) is 15.8. The van der Waals surface area contributed by atoms with Gasteiger partial charge < -0.3 is 4.57 Å². The molecule has 9 aromatic rings. The van der Waals surface area contributed by atoms with Gasteiger partial charge in [-0.05, 0) is 74.2 Å². The van der Waals surface area contributed by atoms with E-state index < -0.39 is 5.41 Å². The van der Waals surface area contributed by atoms with E-state index in [1.807, 2.05) is 6.20 Å². The molecule has 2 aliphatic rings. The first-order valence-corrected chi connectivity index (χ1v) is 16.6. The fourth-order valence-electron chi connectivity index (χ4n) is 8.84. The maximum Gasteiger partial charge on any atom is 0.0754 e. The van der Waals surface area contributed by atoms with Crippen LogP contribution in [0.25, 0.3) is 71.8 Å². The van der Waals surface area contributed by atoms with E-state index in [9.17, 15) is 0 Å². The smallest absolute Gasteiger partial charge is 0.0754 e. The lowest BCUT2D eigenvalue weighted by Gasteiger charge is -2.39. The van der Waals surface area contributed by atoms with E-state index in [0.29, 0.717) is 0 Å². The Morgan fingerprint density at radius 3 is 1.94 bits per heavy atom. The molecule has 222 valence electrons. The number of rotatable bonds is 2. The number of pyridine rings is 1. The van der Waals surface area contributed by atoms with Gasteiger partial charge in [0.25, 0.3) is 0 Å². The maximum absolute atomic E-state index is 4.85. The topological polar surface area (TPSA) is 17.8 Å². The second-order valence-electron chi connectivity index (χ2n) is 13.1. The summed E-state index contributed by atoms with van der Waals surface area (Å²) in [5.74, 6) is 0. The molecule has 0 N–H and O–H groups in total. The summed E-state index contributed by atoms with van der Waals surface area (Å²) in [6.07, 6.45) is 1.98. The average molecular weight is 609 g/mol. The summed E-state index contributed by atoms with van der Waals surface area (Å²) in [6, 6.07) is 60.5. The normalized spacial score (nSPS) is 13.6. The lowest BCUT2D eigenvalue weighted by Crippen LogP contribution is -2.33. The third kappa shape index (κ3) is 3.24. The van der Waals surface area contributed by atoms with Gasteiger partial charge in [0.2, 0.25) is 0 Å². The Morgan fingerprint density at radius 2 is 1.08 bits per heavy atom. The zero-order valence-electron chi connectivity index (χ0n) is 26.1. The van der Waals surface area contributed by atoms with E-state index in [-0.39, 0.29) is 0 Å². The molecule has 1 spiro atoms. The monoisotopic (exact) mass is 608 g/mol. The molecule has 2 heteroatoms. The summed E-state index contributed by atoms with van der Waals surface area (Å²) in [6.45, 7) is 0. The third-order valence-corrected chi connectivity index (χ3v) is 10.8. The molecule has 0 saturated carbocycles. The lowest BCUT2D eigenvalue weighted by molar-refractivity contribution is 0.748. The van der Waals surface area contributed by atoms with Crippen molar-refractivity contribution in [3.63, 3.8) is 0 Å². The second kappa shape index (κ2) is 9.40. The van der Waals surface area contributed by atoms with Crippen LogP contribution in [-0.4, -0.2) is 9.55 Å². The van der Waals surface area contributed by atoms with E-state index in [2.05, 4.69) is 168 Å².